The van der Waals surface area contributed by atoms with Crippen molar-refractivity contribution in [1.82, 2.24) is 0 Å². The Labute approximate surface area is 229 Å². The second kappa shape index (κ2) is 12.0. The summed E-state index contributed by atoms with van der Waals surface area (Å²) in [4.78, 5) is 12.2. The fourth-order valence-electron chi connectivity index (χ4n) is 5.90. The van der Waals surface area contributed by atoms with Gasteiger partial charge in [-0.25, -0.2) is 0 Å². The number of benzene rings is 3. The van der Waals surface area contributed by atoms with Gasteiger partial charge in [-0.05, 0) is 83.3 Å². The minimum absolute atomic E-state index is 0.195. The van der Waals surface area contributed by atoms with E-state index in [-0.39, 0.29) is 11.7 Å². The van der Waals surface area contributed by atoms with Crippen LogP contribution in [-0.4, -0.2) is 14.1 Å². The van der Waals surface area contributed by atoms with Crippen molar-refractivity contribution in [2.75, 3.05) is 0 Å². The lowest BCUT2D eigenvalue weighted by atomic mass is 9.81. The first-order valence-corrected chi connectivity index (χ1v) is 16.1. The third-order valence-electron chi connectivity index (χ3n) is 8.18. The van der Waals surface area contributed by atoms with Crippen molar-refractivity contribution in [3.05, 3.63) is 101 Å². The van der Waals surface area contributed by atoms with Crippen molar-refractivity contribution in [2.24, 2.45) is 0 Å². The third-order valence-corrected chi connectivity index (χ3v) is 13.7. The van der Waals surface area contributed by atoms with E-state index in [2.05, 4.69) is 88.4 Å². The summed E-state index contributed by atoms with van der Waals surface area (Å²) in [6.07, 6.45) is 5.31. The lowest BCUT2D eigenvalue weighted by Gasteiger charge is -2.39. The van der Waals surface area contributed by atoms with Crippen LogP contribution in [0.5, 0.6) is 5.75 Å². The molecule has 0 heterocycles. The molecule has 4 heteroatoms. The Morgan fingerprint density at radius 1 is 0.974 bits per heavy atom. The molecule has 0 saturated carbocycles. The molecule has 1 aliphatic rings. The van der Waals surface area contributed by atoms with Gasteiger partial charge in [-0.1, -0.05) is 88.4 Å². The predicted molar refractivity (Wildman–Crippen MR) is 159 cm³/mol. The minimum Gasteiger partial charge on any atom is -0.543 e. The van der Waals surface area contributed by atoms with Gasteiger partial charge in [0.2, 0.25) is 0 Å². The minimum atomic E-state index is -2.25. The number of carbonyl (C=O) groups excluding carboxylic acids is 1. The zero-order chi connectivity index (χ0) is 27.3. The average molecular weight is 522 g/mol. The van der Waals surface area contributed by atoms with Crippen LogP contribution in [0.4, 0.5) is 0 Å². The molecule has 196 valence electrons. The number of ketones is 1. The molecule has 0 fully saturated rings. The smallest absolute Gasteiger partial charge is 0.260 e. The summed E-state index contributed by atoms with van der Waals surface area (Å²) in [5, 5.41) is 9.49. The zero-order valence-corrected chi connectivity index (χ0v) is 24.3. The first-order valence-electron chi connectivity index (χ1n) is 13.8. The van der Waals surface area contributed by atoms with Gasteiger partial charge in [-0.2, -0.15) is 5.26 Å². The fourth-order valence-corrected chi connectivity index (χ4v) is 10.0. The quantitative estimate of drug-likeness (QED) is 0.264. The molecule has 4 rings (SSSR count). The van der Waals surface area contributed by atoms with Crippen LogP contribution in [0.2, 0.25) is 11.1 Å². The van der Waals surface area contributed by atoms with Crippen LogP contribution in [0, 0.1) is 11.3 Å². The van der Waals surface area contributed by atoms with Crippen LogP contribution in [0.25, 0.3) is 11.1 Å². The van der Waals surface area contributed by atoms with E-state index in [9.17, 15) is 10.1 Å². The molecule has 3 nitrogen and oxygen atoms in total. The van der Waals surface area contributed by atoms with Crippen molar-refractivity contribution in [3.8, 4) is 22.9 Å². The molecule has 0 aliphatic heterocycles. The Hall–Kier alpha value is -3.42. The lowest BCUT2D eigenvalue weighted by Crippen LogP contribution is -2.50. The standard InChI is InChI=1S/C34H39NO2Si/c1-24(2)38(25(3)4,37-31-20-18-28(19-21-31)33-12-7-6-10-30(33)22-35)23-27-14-16-29(17-15-27)34-13-9-8-11-32(34)26(5)36/h6-7,10-12,14-21,24-25,34H,8-9,13,23H2,1-5H3. The number of nitriles is 1. The summed E-state index contributed by atoms with van der Waals surface area (Å²) in [6.45, 7) is 10.9. The van der Waals surface area contributed by atoms with Gasteiger partial charge in [0, 0.05) is 12.0 Å². The monoisotopic (exact) mass is 521 g/mol. The van der Waals surface area contributed by atoms with Gasteiger partial charge in [0.25, 0.3) is 8.32 Å². The second-order valence-corrected chi connectivity index (χ2v) is 15.9. The van der Waals surface area contributed by atoms with Crippen LogP contribution < -0.4 is 4.43 Å². The SMILES string of the molecule is CC(=O)C1=CCCCC1c1ccc(C[Si](Oc2ccc(-c3ccccc3C#N)cc2)(C(C)C)C(C)C)cc1. The Bertz CT molecular complexity index is 1320. The van der Waals surface area contributed by atoms with Crippen LogP contribution in [-0.2, 0) is 10.8 Å². The third kappa shape index (κ3) is 5.84. The van der Waals surface area contributed by atoms with Crippen molar-refractivity contribution >= 4 is 14.1 Å². The molecule has 0 amide bonds. The molecule has 1 aliphatic carbocycles. The molecule has 0 aromatic heterocycles. The summed E-state index contributed by atoms with van der Waals surface area (Å²) in [5.74, 6) is 1.31. The lowest BCUT2D eigenvalue weighted by molar-refractivity contribution is -0.114. The van der Waals surface area contributed by atoms with Crippen molar-refractivity contribution < 1.29 is 9.22 Å². The largest absolute Gasteiger partial charge is 0.543 e. The number of rotatable bonds is 9. The van der Waals surface area contributed by atoms with E-state index in [1.807, 2.05) is 24.3 Å². The molecule has 3 aromatic rings. The summed E-state index contributed by atoms with van der Waals surface area (Å²) in [7, 11) is -2.25. The van der Waals surface area contributed by atoms with E-state index in [0.29, 0.717) is 16.6 Å². The predicted octanol–water partition coefficient (Wildman–Crippen LogP) is 8.93. The highest BCUT2D eigenvalue weighted by Crippen LogP contribution is 2.39. The van der Waals surface area contributed by atoms with Gasteiger partial charge in [-0.15, -0.1) is 0 Å². The molecule has 1 atom stereocenters. The van der Waals surface area contributed by atoms with Crippen molar-refractivity contribution in [3.63, 3.8) is 0 Å². The van der Waals surface area contributed by atoms with E-state index in [4.69, 9.17) is 4.43 Å². The molecule has 1 unspecified atom stereocenters. The Morgan fingerprint density at radius 3 is 2.24 bits per heavy atom. The molecular formula is C34H39NO2Si. The van der Waals surface area contributed by atoms with Crippen LogP contribution in [0.1, 0.15) is 76.5 Å². The van der Waals surface area contributed by atoms with Gasteiger partial charge in [0.15, 0.2) is 5.78 Å². The Morgan fingerprint density at radius 2 is 1.63 bits per heavy atom. The summed E-state index contributed by atoms with van der Waals surface area (Å²) in [5.41, 5.74) is 7.00. The molecule has 0 bridgehead atoms. The Kier molecular flexibility index (Phi) is 8.69. The summed E-state index contributed by atoms with van der Waals surface area (Å²) in [6, 6.07) is 28.1. The van der Waals surface area contributed by atoms with E-state index >= 15 is 0 Å². The maximum atomic E-state index is 12.2. The molecule has 0 saturated heterocycles. The molecule has 0 spiro atoms. The Balaban J connectivity index is 1.58. The number of Topliss-reactive ketones (excluding diaryl/α,β-unsaturated/α-hetero) is 1. The van der Waals surface area contributed by atoms with Gasteiger partial charge in [0.1, 0.15) is 5.75 Å². The number of nitrogens with zero attached hydrogens (tertiary/aromatic N) is 1. The fraction of sp³-hybridized carbons (Fsp3) is 0.353. The van der Waals surface area contributed by atoms with Crippen LogP contribution in [0.3, 0.4) is 0 Å². The van der Waals surface area contributed by atoms with Gasteiger partial charge >= 0.3 is 0 Å². The number of allylic oxidation sites excluding steroid dienone is 2. The van der Waals surface area contributed by atoms with Crippen molar-refractivity contribution in [2.45, 2.75) is 76.9 Å². The van der Waals surface area contributed by atoms with E-state index < -0.39 is 8.32 Å². The van der Waals surface area contributed by atoms with Gasteiger partial charge in [0.05, 0.1) is 11.6 Å². The number of hydrogen-bond donors (Lipinski definition) is 0. The summed E-state index contributed by atoms with van der Waals surface area (Å²) >= 11 is 0. The van der Waals surface area contributed by atoms with Gasteiger partial charge in [-0.3, -0.25) is 4.79 Å². The van der Waals surface area contributed by atoms with E-state index in [1.54, 1.807) is 6.92 Å². The molecule has 38 heavy (non-hydrogen) atoms. The maximum absolute atomic E-state index is 12.2. The summed E-state index contributed by atoms with van der Waals surface area (Å²) < 4.78 is 6.99. The van der Waals surface area contributed by atoms with Gasteiger partial charge < -0.3 is 4.43 Å². The first-order chi connectivity index (χ1) is 18.2. The average Bonchev–Trinajstić information content (AvgIpc) is 2.93. The zero-order valence-electron chi connectivity index (χ0n) is 23.3. The molecular weight excluding hydrogens is 482 g/mol. The van der Waals surface area contributed by atoms with Crippen molar-refractivity contribution in [1.29, 1.82) is 5.26 Å². The second-order valence-electron chi connectivity index (χ2n) is 11.2. The van der Waals surface area contributed by atoms with Crippen LogP contribution in [0.15, 0.2) is 84.4 Å². The highest BCUT2D eigenvalue weighted by atomic mass is 28.4. The van der Waals surface area contributed by atoms with E-state index in [0.717, 1.165) is 47.8 Å². The topological polar surface area (TPSA) is 50.1 Å². The molecule has 3 aromatic carbocycles. The number of carbonyl (C=O) groups is 1. The first kappa shape index (κ1) is 27.6. The highest BCUT2D eigenvalue weighted by molar-refractivity contribution is 6.76. The molecule has 0 N–H and O–H groups in total. The highest BCUT2D eigenvalue weighted by Gasteiger charge is 2.44. The molecule has 0 radical (unpaired) electrons. The normalized spacial score (nSPS) is 15.7. The maximum Gasteiger partial charge on any atom is 0.260 e. The van der Waals surface area contributed by atoms with Crippen LogP contribution >= 0.6 is 0 Å². The van der Waals surface area contributed by atoms with E-state index in [1.165, 1.54) is 11.1 Å². The number of hydrogen-bond acceptors (Lipinski definition) is 3.